The number of hydrogen-bond donors (Lipinski definition) is 2. The van der Waals surface area contributed by atoms with Crippen molar-refractivity contribution >= 4 is 11.9 Å². The third-order valence-electron chi connectivity index (χ3n) is 1.50. The molecule has 0 unspecified atom stereocenters. The smallest absolute Gasteiger partial charge is 0.338 e. The van der Waals surface area contributed by atoms with Crippen LogP contribution >= 0.6 is 0 Å². The van der Waals surface area contributed by atoms with Gasteiger partial charge in [-0.1, -0.05) is 0 Å². The molecule has 0 aromatic carbocycles. The van der Waals surface area contributed by atoms with Gasteiger partial charge in [0.15, 0.2) is 6.10 Å². The van der Waals surface area contributed by atoms with Crippen molar-refractivity contribution in [3.8, 4) is 0 Å². The fourth-order valence-corrected chi connectivity index (χ4v) is 0.879. The van der Waals surface area contributed by atoms with Crippen LogP contribution in [0.4, 0.5) is 0 Å². The molecule has 0 rings (SSSR count). The van der Waals surface area contributed by atoms with E-state index in [1.54, 1.807) is 20.8 Å². The zero-order chi connectivity index (χ0) is 12.2. The molecule has 0 aromatic heterocycles. The summed E-state index contributed by atoms with van der Waals surface area (Å²) in [4.78, 5) is 22.0. The first-order chi connectivity index (χ1) is 6.69. The summed E-state index contributed by atoms with van der Waals surface area (Å²) in [5, 5.41) is 8.62. The van der Waals surface area contributed by atoms with Gasteiger partial charge >= 0.3 is 11.9 Å². The summed E-state index contributed by atoms with van der Waals surface area (Å²) in [7, 11) is 1.21. The lowest BCUT2D eigenvalue weighted by atomic mass is 10.1. The zero-order valence-electron chi connectivity index (χ0n) is 9.31. The molecule has 6 heteroatoms. The first-order valence-corrected chi connectivity index (χ1v) is 4.43. The molecule has 6 nitrogen and oxygen atoms in total. The number of methoxy groups -OCH3 is 1. The largest absolute Gasteiger partial charge is 0.480 e. The van der Waals surface area contributed by atoms with Crippen molar-refractivity contribution in [2.24, 2.45) is 5.73 Å². The second-order valence-corrected chi connectivity index (χ2v) is 4.05. The molecule has 0 heterocycles. The van der Waals surface area contributed by atoms with Crippen LogP contribution in [0, 0.1) is 0 Å². The van der Waals surface area contributed by atoms with E-state index in [0.717, 1.165) is 0 Å². The summed E-state index contributed by atoms with van der Waals surface area (Å²) >= 11 is 0. The summed E-state index contributed by atoms with van der Waals surface area (Å²) in [5.41, 5.74) is 4.56. The van der Waals surface area contributed by atoms with Crippen molar-refractivity contribution in [3.63, 3.8) is 0 Å². The van der Waals surface area contributed by atoms with Crippen molar-refractivity contribution in [2.45, 2.75) is 38.5 Å². The van der Waals surface area contributed by atoms with Crippen LogP contribution in [0.5, 0.6) is 0 Å². The van der Waals surface area contributed by atoms with Gasteiger partial charge in [0.05, 0.1) is 0 Å². The number of ether oxygens (including phenoxy) is 2. The quantitative estimate of drug-likeness (QED) is 0.633. The summed E-state index contributed by atoms with van der Waals surface area (Å²) in [5.74, 6) is -2.09. The highest BCUT2D eigenvalue weighted by Gasteiger charge is 2.34. The minimum Gasteiger partial charge on any atom is -0.480 e. The molecule has 0 saturated heterocycles. The summed E-state index contributed by atoms with van der Waals surface area (Å²) < 4.78 is 9.66. The highest BCUT2D eigenvalue weighted by atomic mass is 16.6. The van der Waals surface area contributed by atoms with Crippen LogP contribution in [0.25, 0.3) is 0 Å². The monoisotopic (exact) mass is 219 g/mol. The van der Waals surface area contributed by atoms with Crippen LogP contribution < -0.4 is 5.73 Å². The van der Waals surface area contributed by atoms with Crippen LogP contribution in [-0.2, 0) is 19.1 Å². The Balaban J connectivity index is 4.55. The zero-order valence-corrected chi connectivity index (χ0v) is 9.31. The molecule has 0 saturated carbocycles. The van der Waals surface area contributed by atoms with E-state index in [1.165, 1.54) is 7.11 Å². The molecule has 0 aliphatic carbocycles. The van der Waals surface area contributed by atoms with Crippen LogP contribution in [0.1, 0.15) is 20.8 Å². The number of esters is 1. The van der Waals surface area contributed by atoms with Gasteiger partial charge in [-0.05, 0) is 20.8 Å². The Kier molecular flexibility index (Phi) is 4.70. The lowest BCUT2D eigenvalue weighted by Gasteiger charge is -2.24. The fraction of sp³-hybridized carbons (Fsp3) is 0.778. The minimum absolute atomic E-state index is 0.702. The molecule has 3 N–H and O–H groups in total. The van der Waals surface area contributed by atoms with E-state index in [4.69, 9.17) is 20.3 Å². The Morgan fingerprint density at radius 2 is 1.80 bits per heavy atom. The average Bonchev–Trinajstić information content (AvgIpc) is 2.01. The molecule has 0 fully saturated rings. The highest BCUT2D eigenvalue weighted by molar-refractivity contribution is 5.85. The number of rotatable bonds is 4. The maximum Gasteiger partial charge on any atom is 0.338 e. The van der Waals surface area contributed by atoms with Crippen molar-refractivity contribution in [3.05, 3.63) is 0 Å². The van der Waals surface area contributed by atoms with Gasteiger partial charge in [-0.3, -0.25) is 4.79 Å². The van der Waals surface area contributed by atoms with Gasteiger partial charge in [0, 0.05) is 7.11 Å². The molecule has 0 radical (unpaired) electrons. The van der Waals surface area contributed by atoms with Crippen LogP contribution in [0.15, 0.2) is 0 Å². The predicted octanol–water partition coefficient (Wildman–Crippen LogP) is -0.245. The normalized spacial score (nSPS) is 15.5. The summed E-state index contributed by atoms with van der Waals surface area (Å²) in [6.45, 7) is 5.01. The summed E-state index contributed by atoms with van der Waals surface area (Å²) in [6.07, 6.45) is -1.29. The molecule has 0 bridgehead atoms. The van der Waals surface area contributed by atoms with Crippen molar-refractivity contribution in [2.75, 3.05) is 7.11 Å². The van der Waals surface area contributed by atoms with E-state index in [2.05, 4.69) is 0 Å². The predicted molar refractivity (Wildman–Crippen MR) is 52.3 cm³/mol. The number of hydrogen-bond acceptors (Lipinski definition) is 5. The second-order valence-electron chi connectivity index (χ2n) is 4.05. The van der Waals surface area contributed by atoms with Crippen LogP contribution in [-0.4, -0.2) is 41.9 Å². The van der Waals surface area contributed by atoms with Gasteiger partial charge in [0.1, 0.15) is 11.6 Å². The third kappa shape index (κ3) is 4.75. The van der Waals surface area contributed by atoms with Gasteiger partial charge in [-0.25, -0.2) is 4.79 Å². The topological polar surface area (TPSA) is 98.9 Å². The molecule has 0 aliphatic heterocycles. The molecule has 88 valence electrons. The Morgan fingerprint density at radius 3 is 2.07 bits per heavy atom. The van der Waals surface area contributed by atoms with E-state index in [9.17, 15) is 9.59 Å². The first kappa shape index (κ1) is 13.9. The standard InChI is InChI=1S/C9H17NO5/c1-9(2,3)15-8(13)6(14-4)5(10)7(11)12/h5-6H,10H2,1-4H3,(H,11,12)/t5-,6+/m1/s1. The summed E-state index contributed by atoms with van der Waals surface area (Å²) in [6, 6.07) is -1.43. The SMILES string of the molecule is CO[C@H](C(=O)OC(C)(C)C)[C@@H](N)C(=O)O. The maximum absolute atomic E-state index is 11.4. The van der Waals surface area contributed by atoms with Gasteiger partial charge < -0.3 is 20.3 Å². The molecule has 2 atom stereocenters. The van der Waals surface area contributed by atoms with E-state index in [1.807, 2.05) is 0 Å². The van der Waals surface area contributed by atoms with Gasteiger partial charge in [-0.2, -0.15) is 0 Å². The first-order valence-electron chi connectivity index (χ1n) is 4.43. The van der Waals surface area contributed by atoms with E-state index < -0.39 is 29.7 Å². The lowest BCUT2D eigenvalue weighted by molar-refractivity contribution is -0.171. The molecule has 0 aromatic rings. The van der Waals surface area contributed by atoms with E-state index >= 15 is 0 Å². The molecule has 0 amide bonds. The molecule has 0 spiro atoms. The Labute approximate surface area is 88.3 Å². The number of carbonyl (C=O) groups excluding carboxylic acids is 1. The molecule has 0 aliphatic rings. The minimum atomic E-state index is -1.43. The third-order valence-corrected chi connectivity index (χ3v) is 1.50. The molecule has 15 heavy (non-hydrogen) atoms. The van der Waals surface area contributed by atoms with Crippen molar-refractivity contribution in [1.82, 2.24) is 0 Å². The Morgan fingerprint density at radius 1 is 1.33 bits per heavy atom. The Hall–Kier alpha value is -1.14. The second kappa shape index (κ2) is 5.09. The highest BCUT2D eigenvalue weighted by Crippen LogP contribution is 2.10. The van der Waals surface area contributed by atoms with Gasteiger partial charge in [0.2, 0.25) is 0 Å². The van der Waals surface area contributed by atoms with E-state index in [-0.39, 0.29) is 0 Å². The molecular weight excluding hydrogens is 202 g/mol. The number of nitrogens with two attached hydrogens (primary N) is 1. The number of carboxylic acid groups (broad SMARTS) is 1. The van der Waals surface area contributed by atoms with Gasteiger partial charge in [0.25, 0.3) is 0 Å². The number of aliphatic carboxylic acids is 1. The van der Waals surface area contributed by atoms with Crippen molar-refractivity contribution in [1.29, 1.82) is 0 Å². The molecular formula is C9H17NO5. The Bertz CT molecular complexity index is 245. The van der Waals surface area contributed by atoms with Crippen LogP contribution in [0.2, 0.25) is 0 Å². The van der Waals surface area contributed by atoms with Gasteiger partial charge in [-0.15, -0.1) is 0 Å². The van der Waals surface area contributed by atoms with Crippen LogP contribution in [0.3, 0.4) is 0 Å². The maximum atomic E-state index is 11.4. The number of carbonyl (C=O) groups is 2. The van der Waals surface area contributed by atoms with E-state index in [0.29, 0.717) is 0 Å². The van der Waals surface area contributed by atoms with Crippen molar-refractivity contribution < 1.29 is 24.2 Å². The fourth-order valence-electron chi connectivity index (χ4n) is 0.879. The average molecular weight is 219 g/mol. The number of carboxylic acids is 1. The lowest BCUT2D eigenvalue weighted by Crippen LogP contribution is -2.49.